The van der Waals surface area contributed by atoms with Gasteiger partial charge in [0.25, 0.3) is 0 Å². The van der Waals surface area contributed by atoms with Crippen molar-refractivity contribution < 1.29 is 34.4 Å². The van der Waals surface area contributed by atoms with E-state index in [0.29, 0.717) is 43.6 Å². The van der Waals surface area contributed by atoms with E-state index in [-0.39, 0.29) is 31.6 Å². The Bertz CT molecular complexity index is 879. The molecule has 3 unspecified atom stereocenters. The predicted octanol–water partition coefficient (Wildman–Crippen LogP) is -0.0216. The summed E-state index contributed by atoms with van der Waals surface area (Å²) in [7, 11) is 5.86. The lowest BCUT2D eigenvalue weighted by molar-refractivity contribution is -0.141. The number of carbonyl (C=O) groups is 2. The standard InChI is InChI=1S/C15H27N3O6.C8H14O4S2/c1-4-10(19)7-16-13(22)17(8-11(20)5-2)15(24)18(14(16)23)9-12(21)6-3;1-11-7(9)3-5-13-14-6-4-8(10)12-2/h10-12,19-21H,4-9H2,1-3H3;3-6H2,1-2H3. The van der Waals surface area contributed by atoms with E-state index in [9.17, 15) is 39.3 Å². The Morgan fingerprint density at radius 2 is 0.921 bits per heavy atom. The van der Waals surface area contributed by atoms with E-state index < -0.39 is 35.4 Å². The molecule has 0 aliphatic carbocycles. The summed E-state index contributed by atoms with van der Waals surface area (Å²) in [6, 6.07) is 0. The van der Waals surface area contributed by atoms with Crippen LogP contribution in [-0.4, -0.2) is 85.0 Å². The lowest BCUT2D eigenvalue weighted by atomic mass is 10.2. The number of esters is 2. The summed E-state index contributed by atoms with van der Waals surface area (Å²) < 4.78 is 11.3. The molecule has 3 N–H and O–H groups in total. The van der Waals surface area contributed by atoms with Gasteiger partial charge in [0.2, 0.25) is 0 Å². The van der Waals surface area contributed by atoms with Gasteiger partial charge in [0, 0.05) is 11.5 Å². The molecule has 1 heterocycles. The van der Waals surface area contributed by atoms with Gasteiger partial charge in [0.05, 0.1) is 65.0 Å². The number of nitrogens with zero attached hydrogens (tertiary/aromatic N) is 3. The van der Waals surface area contributed by atoms with Crippen LogP contribution in [0.2, 0.25) is 0 Å². The number of carbonyl (C=O) groups excluding carboxylic acids is 2. The second-order valence-corrected chi connectivity index (χ2v) is 10.9. The Hall–Kier alpha value is -2.07. The van der Waals surface area contributed by atoms with E-state index in [1.165, 1.54) is 14.2 Å². The zero-order chi connectivity index (χ0) is 29.3. The van der Waals surface area contributed by atoms with Crippen molar-refractivity contribution in [2.45, 2.75) is 90.8 Å². The summed E-state index contributed by atoms with van der Waals surface area (Å²) in [6.45, 7) is 4.35. The van der Waals surface area contributed by atoms with Crippen molar-refractivity contribution in [2.24, 2.45) is 0 Å². The number of aliphatic hydroxyl groups excluding tert-OH is 3. The van der Waals surface area contributed by atoms with Crippen LogP contribution in [0.4, 0.5) is 0 Å². The first kappa shape index (κ1) is 35.9. The maximum absolute atomic E-state index is 12.4. The zero-order valence-electron chi connectivity index (χ0n) is 22.7. The number of rotatable bonds is 16. The number of hydrogen-bond donors (Lipinski definition) is 3. The average molecular weight is 584 g/mol. The lowest BCUT2D eigenvalue weighted by Gasteiger charge is -2.18. The topological polar surface area (TPSA) is 179 Å². The first-order valence-electron chi connectivity index (χ1n) is 12.3. The molecule has 0 fully saturated rings. The van der Waals surface area contributed by atoms with E-state index >= 15 is 0 Å². The fourth-order valence-corrected chi connectivity index (χ4v) is 4.69. The van der Waals surface area contributed by atoms with Crippen molar-refractivity contribution in [1.29, 1.82) is 0 Å². The Morgan fingerprint density at radius 1 is 0.658 bits per heavy atom. The third kappa shape index (κ3) is 13.1. The van der Waals surface area contributed by atoms with Gasteiger partial charge in [0.1, 0.15) is 0 Å². The highest BCUT2D eigenvalue weighted by atomic mass is 33.1. The molecule has 0 aromatic carbocycles. The average Bonchev–Trinajstić information content (AvgIpc) is 2.92. The highest BCUT2D eigenvalue weighted by Crippen LogP contribution is 2.22. The molecule has 15 heteroatoms. The van der Waals surface area contributed by atoms with Crippen LogP contribution in [0, 0.1) is 0 Å². The minimum Gasteiger partial charge on any atom is -0.469 e. The molecule has 0 radical (unpaired) electrons. The summed E-state index contributed by atoms with van der Waals surface area (Å²) >= 11 is 0. The van der Waals surface area contributed by atoms with Crippen LogP contribution < -0.4 is 17.1 Å². The molecule has 0 amide bonds. The van der Waals surface area contributed by atoms with Gasteiger partial charge in [-0.15, -0.1) is 0 Å². The molecule has 13 nitrogen and oxygen atoms in total. The molecule has 0 spiro atoms. The molecule has 0 saturated carbocycles. The van der Waals surface area contributed by atoms with Crippen LogP contribution >= 0.6 is 21.6 Å². The highest BCUT2D eigenvalue weighted by Gasteiger charge is 2.20. The fraction of sp³-hybridized carbons (Fsp3) is 0.783. The number of methoxy groups -OCH3 is 2. The molecule has 3 atom stereocenters. The second kappa shape index (κ2) is 19.9. The number of hydrogen-bond acceptors (Lipinski definition) is 12. The first-order valence-corrected chi connectivity index (χ1v) is 14.8. The van der Waals surface area contributed by atoms with Crippen molar-refractivity contribution >= 4 is 33.5 Å². The maximum Gasteiger partial charge on any atom is 0.336 e. The Labute approximate surface area is 229 Å². The molecule has 0 aliphatic heterocycles. The molecular formula is C23H41N3O10S2. The Balaban J connectivity index is 0.000000835. The van der Waals surface area contributed by atoms with Crippen molar-refractivity contribution in [3.63, 3.8) is 0 Å². The Morgan fingerprint density at radius 3 is 1.13 bits per heavy atom. The molecule has 0 bridgehead atoms. The summed E-state index contributed by atoms with van der Waals surface area (Å²) in [6.07, 6.45) is -0.926. The van der Waals surface area contributed by atoms with Crippen molar-refractivity contribution in [1.82, 2.24) is 13.7 Å². The van der Waals surface area contributed by atoms with Crippen molar-refractivity contribution in [3.05, 3.63) is 31.5 Å². The first-order chi connectivity index (χ1) is 18.0. The van der Waals surface area contributed by atoms with Gasteiger partial charge in [-0.25, -0.2) is 28.1 Å². The van der Waals surface area contributed by atoms with Gasteiger partial charge in [0.15, 0.2) is 0 Å². The molecule has 0 aliphatic rings. The third-order valence-electron chi connectivity index (χ3n) is 5.30. The largest absolute Gasteiger partial charge is 0.469 e. The van der Waals surface area contributed by atoms with Crippen molar-refractivity contribution in [3.8, 4) is 0 Å². The van der Waals surface area contributed by atoms with Gasteiger partial charge in [-0.05, 0) is 19.3 Å². The molecule has 38 heavy (non-hydrogen) atoms. The normalized spacial score (nSPS) is 13.2. The van der Waals surface area contributed by atoms with E-state index in [4.69, 9.17) is 0 Å². The number of ether oxygens (including phenoxy) is 2. The third-order valence-corrected chi connectivity index (χ3v) is 7.71. The summed E-state index contributed by atoms with van der Waals surface area (Å²) in [4.78, 5) is 58.7. The molecule has 1 aromatic rings. The van der Waals surface area contributed by atoms with Gasteiger partial charge >= 0.3 is 29.0 Å². The molecule has 220 valence electrons. The van der Waals surface area contributed by atoms with Gasteiger partial charge < -0.3 is 24.8 Å². The van der Waals surface area contributed by atoms with E-state index in [1.54, 1.807) is 42.4 Å². The fourth-order valence-electron chi connectivity index (χ4n) is 2.74. The molecule has 0 saturated heterocycles. The zero-order valence-corrected chi connectivity index (χ0v) is 24.3. The molecular weight excluding hydrogens is 542 g/mol. The quantitative estimate of drug-likeness (QED) is 0.135. The number of aliphatic hydroxyl groups is 3. The SMILES string of the molecule is CCC(O)Cn1c(=O)n(CC(O)CC)c(=O)n(CC(O)CC)c1=O.COC(=O)CCSSCCC(=O)OC. The minimum absolute atomic E-state index is 0.203. The monoisotopic (exact) mass is 583 g/mol. The smallest absolute Gasteiger partial charge is 0.336 e. The Kier molecular flexibility index (Phi) is 18.8. The second-order valence-electron chi connectivity index (χ2n) is 8.16. The van der Waals surface area contributed by atoms with Crippen LogP contribution in [0.1, 0.15) is 52.9 Å². The highest BCUT2D eigenvalue weighted by molar-refractivity contribution is 8.76. The summed E-state index contributed by atoms with van der Waals surface area (Å²) in [5.41, 5.74) is -2.60. The maximum atomic E-state index is 12.4. The minimum atomic E-state index is -0.915. The van der Waals surface area contributed by atoms with Crippen LogP contribution in [0.15, 0.2) is 14.4 Å². The predicted molar refractivity (Wildman–Crippen MR) is 146 cm³/mol. The van der Waals surface area contributed by atoms with Crippen LogP contribution in [0.3, 0.4) is 0 Å². The summed E-state index contributed by atoms with van der Waals surface area (Å²) in [5, 5.41) is 29.3. The molecule has 1 rings (SSSR count). The lowest BCUT2D eigenvalue weighted by Crippen LogP contribution is -2.57. The van der Waals surface area contributed by atoms with Gasteiger partial charge in [-0.3, -0.25) is 9.59 Å². The van der Waals surface area contributed by atoms with Gasteiger partial charge in [-0.2, -0.15) is 0 Å². The van der Waals surface area contributed by atoms with Crippen molar-refractivity contribution in [2.75, 3.05) is 25.7 Å². The van der Waals surface area contributed by atoms with E-state index in [2.05, 4.69) is 9.47 Å². The van der Waals surface area contributed by atoms with Crippen LogP contribution in [0.25, 0.3) is 0 Å². The van der Waals surface area contributed by atoms with E-state index in [1.807, 2.05) is 0 Å². The van der Waals surface area contributed by atoms with Gasteiger partial charge in [-0.1, -0.05) is 42.4 Å². The number of aromatic nitrogens is 3. The molecule has 1 aromatic heterocycles. The van der Waals surface area contributed by atoms with Crippen LogP contribution in [0.5, 0.6) is 0 Å². The summed E-state index contributed by atoms with van der Waals surface area (Å²) in [5.74, 6) is 1.01. The van der Waals surface area contributed by atoms with Crippen LogP contribution in [-0.2, 0) is 38.7 Å². The van der Waals surface area contributed by atoms with E-state index in [0.717, 1.165) is 13.7 Å².